The lowest BCUT2D eigenvalue weighted by molar-refractivity contribution is 0.0269. The van der Waals surface area contributed by atoms with Crippen LogP contribution in [0.3, 0.4) is 0 Å². The Labute approximate surface area is 130 Å². The molecule has 1 N–H and O–H groups in total. The van der Waals surface area contributed by atoms with E-state index in [1.807, 2.05) is 7.11 Å². The van der Waals surface area contributed by atoms with Gasteiger partial charge in [-0.25, -0.2) is 0 Å². The third-order valence-electron chi connectivity index (χ3n) is 6.34. The summed E-state index contributed by atoms with van der Waals surface area (Å²) in [6, 6.07) is 1.50. The summed E-state index contributed by atoms with van der Waals surface area (Å²) in [7, 11) is 1.83. The average molecular weight is 294 g/mol. The zero-order chi connectivity index (χ0) is 14.9. The van der Waals surface area contributed by atoms with E-state index in [4.69, 9.17) is 4.74 Å². The molecule has 2 atom stereocenters. The number of nitrogens with one attached hydrogen (secondary N) is 1. The lowest BCUT2D eigenvalue weighted by atomic mass is 9.73. The second-order valence-electron chi connectivity index (χ2n) is 8.15. The molecular formula is C18H34N2O. The van der Waals surface area contributed by atoms with Crippen molar-refractivity contribution in [1.29, 1.82) is 0 Å². The molecule has 3 heteroatoms. The fourth-order valence-corrected chi connectivity index (χ4v) is 4.57. The highest BCUT2D eigenvalue weighted by atomic mass is 16.5. The van der Waals surface area contributed by atoms with E-state index < -0.39 is 0 Å². The van der Waals surface area contributed by atoms with Crippen LogP contribution >= 0.6 is 0 Å². The quantitative estimate of drug-likeness (QED) is 0.781. The van der Waals surface area contributed by atoms with Gasteiger partial charge in [0.15, 0.2) is 0 Å². The molecule has 0 aromatic carbocycles. The first kappa shape index (κ1) is 15.8. The van der Waals surface area contributed by atoms with Crippen LogP contribution in [0.1, 0.15) is 52.4 Å². The topological polar surface area (TPSA) is 24.5 Å². The van der Waals surface area contributed by atoms with Crippen LogP contribution in [0.4, 0.5) is 0 Å². The van der Waals surface area contributed by atoms with Gasteiger partial charge in [0.25, 0.3) is 0 Å². The highest BCUT2D eigenvalue weighted by Crippen LogP contribution is 2.48. The summed E-state index contributed by atoms with van der Waals surface area (Å²) in [5.74, 6) is 1.77. The average Bonchev–Trinajstić information content (AvgIpc) is 3.22. The van der Waals surface area contributed by atoms with Crippen molar-refractivity contribution < 1.29 is 4.74 Å². The van der Waals surface area contributed by atoms with Crippen molar-refractivity contribution in [1.82, 2.24) is 10.2 Å². The van der Waals surface area contributed by atoms with Crippen molar-refractivity contribution in [3.63, 3.8) is 0 Å². The third kappa shape index (κ3) is 3.62. The summed E-state index contributed by atoms with van der Waals surface area (Å²) < 4.78 is 5.29. The minimum atomic E-state index is 0.583. The minimum absolute atomic E-state index is 0.583. The lowest BCUT2D eigenvalue weighted by Gasteiger charge is -2.49. The van der Waals surface area contributed by atoms with Crippen molar-refractivity contribution >= 4 is 0 Å². The molecule has 3 nitrogen and oxygen atoms in total. The number of ether oxygens (including phenoxy) is 1. The Morgan fingerprint density at radius 1 is 1.19 bits per heavy atom. The van der Waals surface area contributed by atoms with Gasteiger partial charge in [-0.1, -0.05) is 6.42 Å². The van der Waals surface area contributed by atoms with E-state index >= 15 is 0 Å². The van der Waals surface area contributed by atoms with Crippen LogP contribution < -0.4 is 5.32 Å². The van der Waals surface area contributed by atoms with Crippen molar-refractivity contribution in [3.8, 4) is 0 Å². The summed E-state index contributed by atoms with van der Waals surface area (Å²) in [5, 5.41) is 4.01. The zero-order valence-corrected chi connectivity index (χ0v) is 14.2. The number of likely N-dealkylation sites (tertiary alicyclic amines) is 1. The van der Waals surface area contributed by atoms with E-state index in [9.17, 15) is 0 Å². The number of rotatable bonds is 7. The molecule has 3 fully saturated rings. The molecule has 0 aromatic heterocycles. The Balaban J connectivity index is 1.54. The van der Waals surface area contributed by atoms with Gasteiger partial charge in [0.1, 0.15) is 0 Å². The molecule has 0 spiro atoms. The number of nitrogens with zero attached hydrogens (tertiary/aromatic N) is 1. The smallest absolute Gasteiger partial charge is 0.0468 e. The first-order chi connectivity index (χ1) is 10.1. The number of hydrogen-bond donors (Lipinski definition) is 1. The number of fused-ring (bicyclic) bond motifs is 2. The molecule has 2 aliphatic carbocycles. The SMILES string of the molecule is COCCC1(CNC2C3CCCC2CN(C(C)C)C3)CC1. The Kier molecular flexibility index (Phi) is 4.92. The van der Waals surface area contributed by atoms with E-state index in [1.165, 1.54) is 58.2 Å². The Morgan fingerprint density at radius 3 is 2.38 bits per heavy atom. The van der Waals surface area contributed by atoms with Gasteiger partial charge >= 0.3 is 0 Å². The van der Waals surface area contributed by atoms with E-state index in [0.29, 0.717) is 11.5 Å². The van der Waals surface area contributed by atoms with Crippen LogP contribution in [-0.2, 0) is 4.74 Å². The minimum Gasteiger partial charge on any atom is -0.385 e. The largest absolute Gasteiger partial charge is 0.385 e. The van der Waals surface area contributed by atoms with Gasteiger partial charge in [-0.05, 0) is 63.2 Å². The molecule has 1 aliphatic heterocycles. The summed E-state index contributed by atoms with van der Waals surface area (Å²) >= 11 is 0. The molecule has 21 heavy (non-hydrogen) atoms. The van der Waals surface area contributed by atoms with Gasteiger partial charge in [-0.2, -0.15) is 0 Å². The van der Waals surface area contributed by atoms with Gasteiger partial charge in [-0.15, -0.1) is 0 Å². The Morgan fingerprint density at radius 2 is 1.86 bits per heavy atom. The fourth-order valence-electron chi connectivity index (χ4n) is 4.57. The second-order valence-corrected chi connectivity index (χ2v) is 8.15. The highest BCUT2D eigenvalue weighted by molar-refractivity contribution is 5.00. The Bertz CT molecular complexity index is 326. The highest BCUT2D eigenvalue weighted by Gasteiger charge is 2.45. The molecule has 3 aliphatic rings. The third-order valence-corrected chi connectivity index (χ3v) is 6.34. The summed E-state index contributed by atoms with van der Waals surface area (Å²) in [6.07, 6.45) is 8.38. The standard InChI is InChI=1S/C18H34N2O/c1-14(2)20-11-15-5-4-6-16(12-20)17(15)19-13-18(7-8-18)9-10-21-3/h14-17,19H,4-13H2,1-3H3. The second kappa shape index (κ2) is 6.55. The monoisotopic (exact) mass is 294 g/mol. The normalized spacial score (nSPS) is 35.1. The molecule has 122 valence electrons. The van der Waals surface area contributed by atoms with E-state index in [1.54, 1.807) is 0 Å². The fraction of sp³-hybridized carbons (Fsp3) is 1.00. The summed E-state index contributed by atoms with van der Waals surface area (Å²) in [6.45, 7) is 9.50. The van der Waals surface area contributed by atoms with Crippen molar-refractivity contribution in [2.24, 2.45) is 17.3 Å². The van der Waals surface area contributed by atoms with Gasteiger partial charge in [0, 0.05) is 45.4 Å². The maximum atomic E-state index is 5.29. The lowest BCUT2D eigenvalue weighted by Crippen LogP contribution is -2.58. The molecule has 2 bridgehead atoms. The maximum Gasteiger partial charge on any atom is 0.0468 e. The summed E-state index contributed by atoms with van der Waals surface area (Å²) in [5.41, 5.74) is 0.583. The van der Waals surface area contributed by atoms with Crippen LogP contribution in [-0.4, -0.2) is 50.3 Å². The van der Waals surface area contributed by atoms with Gasteiger partial charge in [-0.3, -0.25) is 0 Å². The van der Waals surface area contributed by atoms with Crippen molar-refractivity contribution in [2.45, 2.75) is 64.5 Å². The van der Waals surface area contributed by atoms with Crippen LogP contribution in [0, 0.1) is 17.3 Å². The molecule has 3 rings (SSSR count). The molecule has 0 amide bonds. The number of methoxy groups -OCH3 is 1. The zero-order valence-electron chi connectivity index (χ0n) is 14.2. The number of piperidine rings is 1. The number of hydrogen-bond acceptors (Lipinski definition) is 3. The molecule has 2 unspecified atom stereocenters. The predicted octanol–water partition coefficient (Wildman–Crippen LogP) is 2.90. The maximum absolute atomic E-state index is 5.29. The van der Waals surface area contributed by atoms with Gasteiger partial charge in [0.05, 0.1) is 0 Å². The molecule has 1 saturated heterocycles. The van der Waals surface area contributed by atoms with Crippen LogP contribution in [0.15, 0.2) is 0 Å². The van der Waals surface area contributed by atoms with E-state index in [0.717, 1.165) is 24.5 Å². The van der Waals surface area contributed by atoms with Gasteiger partial charge < -0.3 is 15.0 Å². The van der Waals surface area contributed by atoms with Crippen molar-refractivity contribution in [2.75, 3.05) is 33.4 Å². The van der Waals surface area contributed by atoms with Gasteiger partial charge in [0.2, 0.25) is 0 Å². The first-order valence-electron chi connectivity index (χ1n) is 9.10. The summed E-state index contributed by atoms with van der Waals surface area (Å²) in [4.78, 5) is 2.71. The predicted molar refractivity (Wildman–Crippen MR) is 87.5 cm³/mol. The van der Waals surface area contributed by atoms with Crippen molar-refractivity contribution in [3.05, 3.63) is 0 Å². The molecular weight excluding hydrogens is 260 g/mol. The van der Waals surface area contributed by atoms with E-state index in [-0.39, 0.29) is 0 Å². The molecule has 0 radical (unpaired) electrons. The molecule has 0 aromatic rings. The van der Waals surface area contributed by atoms with Crippen LogP contribution in [0.25, 0.3) is 0 Å². The molecule has 1 heterocycles. The van der Waals surface area contributed by atoms with E-state index in [2.05, 4.69) is 24.1 Å². The molecule has 2 saturated carbocycles. The first-order valence-corrected chi connectivity index (χ1v) is 9.10. The Hall–Kier alpha value is -0.120. The van der Waals surface area contributed by atoms with Crippen LogP contribution in [0.2, 0.25) is 0 Å². The van der Waals surface area contributed by atoms with Crippen LogP contribution in [0.5, 0.6) is 0 Å².